The van der Waals surface area contributed by atoms with E-state index < -0.39 is 22.0 Å². The van der Waals surface area contributed by atoms with Gasteiger partial charge in [0.05, 0.1) is 12.0 Å². The van der Waals surface area contributed by atoms with Crippen molar-refractivity contribution in [1.29, 1.82) is 0 Å². The van der Waals surface area contributed by atoms with Gasteiger partial charge in [0, 0.05) is 31.7 Å². The maximum atomic E-state index is 12.8. The molecule has 2 unspecified atom stereocenters. The van der Waals surface area contributed by atoms with E-state index in [2.05, 4.69) is 4.74 Å². The van der Waals surface area contributed by atoms with Gasteiger partial charge in [-0.25, -0.2) is 8.42 Å². The van der Waals surface area contributed by atoms with Crippen LogP contribution in [0, 0.1) is 0 Å². The van der Waals surface area contributed by atoms with Crippen molar-refractivity contribution < 1.29 is 17.9 Å². The van der Waals surface area contributed by atoms with Gasteiger partial charge in [0.25, 0.3) is 0 Å². The minimum Gasteiger partial charge on any atom is -0.468 e. The lowest BCUT2D eigenvalue weighted by atomic mass is 10.1. The van der Waals surface area contributed by atoms with Gasteiger partial charge in [-0.3, -0.25) is 4.79 Å². The molecule has 1 aliphatic heterocycles. The summed E-state index contributed by atoms with van der Waals surface area (Å²) in [7, 11) is 1.40. The van der Waals surface area contributed by atoms with Crippen LogP contribution in [0.1, 0.15) is 0 Å². The second-order valence-electron chi connectivity index (χ2n) is 5.67. The highest BCUT2D eigenvalue weighted by atomic mass is 32.2. The molecule has 0 radical (unpaired) electrons. The molecule has 3 rings (SSSR count). The number of hydrogen-bond donors (Lipinski definition) is 0. The zero-order valence-electron chi connectivity index (χ0n) is 13.2. The Bertz CT molecular complexity index is 877. The lowest BCUT2D eigenvalue weighted by molar-refractivity contribution is -0.140. The zero-order chi connectivity index (χ0) is 16.8. The van der Waals surface area contributed by atoms with Crippen LogP contribution in [0.15, 0.2) is 41.3 Å². The van der Waals surface area contributed by atoms with Gasteiger partial charge in [-0.05, 0) is 23.6 Å². The normalized spacial score (nSPS) is 20.3. The predicted molar refractivity (Wildman–Crippen MR) is 88.0 cm³/mol. The SMILES string of the molecule is COC(=O)C1CN1S(=O)(=O)c1cccc2cc(N(C)C)ccc12. The smallest absolute Gasteiger partial charge is 0.325 e. The molecule has 1 saturated heterocycles. The summed E-state index contributed by atoms with van der Waals surface area (Å²) in [5, 5.41) is 1.49. The summed E-state index contributed by atoms with van der Waals surface area (Å²) in [6, 6.07) is 10.1. The first-order chi connectivity index (χ1) is 10.9. The second-order valence-corrected chi connectivity index (χ2v) is 7.53. The average molecular weight is 334 g/mol. The molecule has 1 aliphatic rings. The quantitative estimate of drug-likeness (QED) is 0.625. The molecule has 6 nitrogen and oxygen atoms in total. The van der Waals surface area contributed by atoms with Crippen LogP contribution in [0.5, 0.6) is 0 Å². The summed E-state index contributed by atoms with van der Waals surface area (Å²) < 4.78 is 31.3. The van der Waals surface area contributed by atoms with E-state index in [1.165, 1.54) is 7.11 Å². The molecule has 0 saturated carbocycles. The number of anilines is 1. The number of carbonyl (C=O) groups excluding carboxylic acids is 1. The van der Waals surface area contributed by atoms with Crippen LogP contribution in [0.4, 0.5) is 5.69 Å². The topological polar surface area (TPSA) is 66.7 Å². The molecule has 0 N–H and O–H groups in total. The lowest BCUT2D eigenvalue weighted by Crippen LogP contribution is -2.20. The van der Waals surface area contributed by atoms with Gasteiger partial charge >= 0.3 is 5.97 Å². The molecule has 1 heterocycles. The molecule has 0 aromatic heterocycles. The standard InChI is InChI=1S/C16H18N2O4S/c1-17(2)12-7-8-13-11(9-12)5-4-6-15(13)23(20,21)18-10-14(18)16(19)22-3/h4-9,14H,10H2,1-3H3. The van der Waals surface area contributed by atoms with Gasteiger partial charge in [0.1, 0.15) is 6.04 Å². The summed E-state index contributed by atoms with van der Waals surface area (Å²) in [5.41, 5.74) is 0.992. The molecule has 0 bridgehead atoms. The van der Waals surface area contributed by atoms with Gasteiger partial charge in [-0.1, -0.05) is 18.2 Å². The van der Waals surface area contributed by atoms with E-state index in [0.29, 0.717) is 5.39 Å². The minimum atomic E-state index is -3.71. The summed E-state index contributed by atoms with van der Waals surface area (Å²) in [6.45, 7) is 0.168. The van der Waals surface area contributed by atoms with Crippen molar-refractivity contribution in [1.82, 2.24) is 4.31 Å². The highest BCUT2D eigenvalue weighted by Crippen LogP contribution is 2.34. The molecule has 0 aliphatic carbocycles. The number of carbonyl (C=O) groups is 1. The molecule has 0 spiro atoms. The van der Waals surface area contributed by atoms with Crippen LogP contribution in [0.25, 0.3) is 10.8 Å². The van der Waals surface area contributed by atoms with Crippen LogP contribution in [-0.4, -0.2) is 52.5 Å². The molecule has 0 amide bonds. The van der Waals surface area contributed by atoms with E-state index in [1.807, 2.05) is 37.2 Å². The Labute approximate surface area is 135 Å². The first-order valence-corrected chi connectivity index (χ1v) is 8.60. The first kappa shape index (κ1) is 15.8. The van der Waals surface area contributed by atoms with Crippen molar-refractivity contribution in [3.8, 4) is 0 Å². The van der Waals surface area contributed by atoms with E-state index in [-0.39, 0.29) is 11.4 Å². The van der Waals surface area contributed by atoms with Gasteiger partial charge in [0.2, 0.25) is 10.0 Å². The van der Waals surface area contributed by atoms with Crippen LogP contribution >= 0.6 is 0 Å². The molecule has 2 aromatic rings. The number of rotatable bonds is 4. The largest absolute Gasteiger partial charge is 0.468 e. The van der Waals surface area contributed by atoms with Gasteiger partial charge in [0.15, 0.2) is 0 Å². The third kappa shape index (κ3) is 2.66. The van der Waals surface area contributed by atoms with E-state index in [9.17, 15) is 13.2 Å². The van der Waals surface area contributed by atoms with Crippen LogP contribution < -0.4 is 4.90 Å². The van der Waals surface area contributed by atoms with Crippen molar-refractivity contribution in [3.05, 3.63) is 36.4 Å². The van der Waals surface area contributed by atoms with E-state index in [1.54, 1.807) is 18.2 Å². The van der Waals surface area contributed by atoms with Crippen molar-refractivity contribution in [2.75, 3.05) is 32.6 Å². The number of benzene rings is 2. The van der Waals surface area contributed by atoms with Crippen molar-refractivity contribution >= 4 is 32.5 Å². The predicted octanol–water partition coefficient (Wildman–Crippen LogP) is 1.45. The Morgan fingerprint density at radius 3 is 2.65 bits per heavy atom. The molecule has 2 atom stereocenters. The molecule has 1 fully saturated rings. The Kier molecular flexibility index (Phi) is 3.77. The van der Waals surface area contributed by atoms with Crippen LogP contribution in [0.3, 0.4) is 0 Å². The van der Waals surface area contributed by atoms with E-state index >= 15 is 0 Å². The van der Waals surface area contributed by atoms with E-state index in [0.717, 1.165) is 15.4 Å². The summed E-state index contributed by atoms with van der Waals surface area (Å²) in [6.07, 6.45) is 0. The number of fused-ring (bicyclic) bond motifs is 1. The summed E-state index contributed by atoms with van der Waals surface area (Å²) >= 11 is 0. The fraction of sp³-hybridized carbons (Fsp3) is 0.312. The fourth-order valence-corrected chi connectivity index (χ4v) is 4.31. The Hall–Kier alpha value is -2.12. The Morgan fingerprint density at radius 1 is 1.26 bits per heavy atom. The first-order valence-electron chi connectivity index (χ1n) is 7.16. The van der Waals surface area contributed by atoms with Crippen molar-refractivity contribution in [2.45, 2.75) is 10.9 Å². The van der Waals surface area contributed by atoms with E-state index in [4.69, 9.17) is 0 Å². The monoisotopic (exact) mass is 334 g/mol. The van der Waals surface area contributed by atoms with Crippen molar-refractivity contribution in [2.24, 2.45) is 0 Å². The number of esters is 1. The van der Waals surface area contributed by atoms with Gasteiger partial charge in [-0.15, -0.1) is 0 Å². The lowest BCUT2D eigenvalue weighted by Gasteiger charge is -2.14. The number of hydrogen-bond acceptors (Lipinski definition) is 5. The Balaban J connectivity index is 2.05. The maximum absolute atomic E-state index is 12.8. The molecule has 122 valence electrons. The second kappa shape index (κ2) is 5.50. The molecular formula is C16H18N2O4S. The molecule has 23 heavy (non-hydrogen) atoms. The summed E-state index contributed by atoms with van der Waals surface area (Å²) in [4.78, 5) is 13.7. The number of ether oxygens (including phenoxy) is 1. The minimum absolute atomic E-state index is 0.168. The highest BCUT2D eigenvalue weighted by molar-refractivity contribution is 7.89. The molecule has 7 heteroatoms. The summed E-state index contributed by atoms with van der Waals surface area (Å²) in [5.74, 6) is -0.524. The average Bonchev–Trinajstić information content (AvgIpc) is 3.34. The number of methoxy groups -OCH3 is 1. The van der Waals surface area contributed by atoms with Crippen molar-refractivity contribution in [3.63, 3.8) is 0 Å². The van der Waals surface area contributed by atoms with Crippen LogP contribution in [0.2, 0.25) is 0 Å². The van der Waals surface area contributed by atoms with Crippen LogP contribution in [-0.2, 0) is 19.6 Å². The third-order valence-corrected chi connectivity index (χ3v) is 5.90. The molecular weight excluding hydrogens is 316 g/mol. The van der Waals surface area contributed by atoms with Gasteiger partial charge in [-0.2, -0.15) is 4.31 Å². The number of sulfonamides is 1. The fourth-order valence-electron chi connectivity index (χ4n) is 2.59. The Morgan fingerprint density at radius 2 is 2.00 bits per heavy atom. The zero-order valence-corrected chi connectivity index (χ0v) is 14.0. The maximum Gasteiger partial charge on any atom is 0.325 e. The van der Waals surface area contributed by atoms with Gasteiger partial charge < -0.3 is 9.64 Å². The molecule has 2 aromatic carbocycles. The third-order valence-electron chi connectivity index (χ3n) is 3.97. The number of nitrogens with zero attached hydrogens (tertiary/aromatic N) is 2. The highest BCUT2D eigenvalue weighted by Gasteiger charge is 2.50.